The number of nitrogens with one attached hydrogen (secondary N) is 1. The molecule has 42 heavy (non-hydrogen) atoms. The van der Waals surface area contributed by atoms with Crippen molar-refractivity contribution in [3.05, 3.63) is 52.1 Å². The Morgan fingerprint density at radius 3 is 1.36 bits per heavy atom. The fourth-order valence-electron chi connectivity index (χ4n) is 4.46. The van der Waals surface area contributed by atoms with Gasteiger partial charge in [-0.1, -0.05) is 26.8 Å². The fraction of sp³-hybridized carbons (Fsp3) is 0.500. The number of carbonyl (C=O) groups excluding carboxylic acids is 1. The molecule has 2 aromatic rings. The van der Waals surface area contributed by atoms with Crippen LogP contribution in [-0.2, 0) is 21.4 Å². The van der Waals surface area contributed by atoms with Crippen LogP contribution < -0.4 is 5.32 Å². The summed E-state index contributed by atoms with van der Waals surface area (Å²) in [6, 6.07) is 1.64. The summed E-state index contributed by atoms with van der Waals surface area (Å²) in [6.45, 7) is 6.14. The van der Waals surface area contributed by atoms with Gasteiger partial charge in [-0.2, -0.15) is 52.7 Å². The quantitative estimate of drug-likeness (QED) is 0.216. The lowest BCUT2D eigenvalue weighted by molar-refractivity contribution is -0.376. The average Bonchev–Trinajstić information content (AvgIpc) is 2.80. The van der Waals surface area contributed by atoms with Crippen molar-refractivity contribution in [3.8, 4) is 11.1 Å². The summed E-state index contributed by atoms with van der Waals surface area (Å²) in [5.74, 6) is 0. The van der Waals surface area contributed by atoms with E-state index in [1.807, 2.05) is 0 Å². The Morgan fingerprint density at radius 2 is 1.00 bits per heavy atom. The van der Waals surface area contributed by atoms with Crippen molar-refractivity contribution in [1.82, 2.24) is 0 Å². The second kappa shape index (κ2) is 10.6. The van der Waals surface area contributed by atoms with E-state index in [-0.39, 0.29) is 36.1 Å². The third-order valence-electron chi connectivity index (χ3n) is 7.27. The van der Waals surface area contributed by atoms with Gasteiger partial charge in [-0.25, -0.2) is 0 Å². The summed E-state index contributed by atoms with van der Waals surface area (Å²) >= 11 is 0. The molecule has 236 valence electrons. The second-order valence-electron chi connectivity index (χ2n) is 10.3. The van der Waals surface area contributed by atoms with Crippen molar-refractivity contribution in [2.45, 2.75) is 82.4 Å². The van der Waals surface area contributed by atoms with E-state index in [9.17, 15) is 67.7 Å². The molecule has 1 amide bonds. The Balaban J connectivity index is 3.23. The summed E-state index contributed by atoms with van der Waals surface area (Å²) in [7, 11) is 0. The Bertz CT molecular complexity index is 1310. The van der Waals surface area contributed by atoms with Crippen LogP contribution in [0.2, 0.25) is 0 Å². The Hall–Kier alpha value is -3.01. The van der Waals surface area contributed by atoms with Crippen molar-refractivity contribution in [1.29, 1.82) is 0 Å². The van der Waals surface area contributed by atoms with Crippen LogP contribution >= 0.6 is 0 Å². The van der Waals surface area contributed by atoms with Crippen LogP contribution in [0.15, 0.2) is 24.3 Å². The summed E-state index contributed by atoms with van der Waals surface area (Å²) in [4.78, 5) is 11.0. The standard InChI is InChI=1S/C26H25F12NO3/c1-6-20(4,5)16-7-12(2)14(9-17(16)21(41,23(27,28)29)24(30,31)32)15-10-18(19(39-11-40)8-13(15)3)22(42,25(33,34)35)26(36,37)38/h7-11,41-42H,6H2,1-5H3,(H,39,40). The molecule has 0 radical (unpaired) electrons. The fourth-order valence-corrected chi connectivity index (χ4v) is 4.46. The number of halogens is 12. The number of amides is 1. The molecule has 0 aliphatic rings. The molecule has 4 nitrogen and oxygen atoms in total. The van der Waals surface area contributed by atoms with Crippen molar-refractivity contribution in [2.24, 2.45) is 0 Å². The lowest BCUT2D eigenvalue weighted by Gasteiger charge is -2.38. The number of alkyl halides is 12. The van der Waals surface area contributed by atoms with Crippen LogP contribution in [0.1, 0.15) is 55.0 Å². The Morgan fingerprint density at radius 1 is 0.643 bits per heavy atom. The van der Waals surface area contributed by atoms with E-state index < -0.39 is 74.8 Å². The van der Waals surface area contributed by atoms with Gasteiger partial charge in [0.15, 0.2) is 0 Å². The van der Waals surface area contributed by atoms with Gasteiger partial charge in [0, 0.05) is 16.8 Å². The largest absolute Gasteiger partial charge is 0.430 e. The van der Waals surface area contributed by atoms with E-state index in [4.69, 9.17) is 0 Å². The van der Waals surface area contributed by atoms with Crippen LogP contribution in [0.5, 0.6) is 0 Å². The minimum absolute atomic E-state index is 0.0516. The topological polar surface area (TPSA) is 69.6 Å². The lowest BCUT2D eigenvalue weighted by Crippen LogP contribution is -2.55. The molecule has 0 heterocycles. The van der Waals surface area contributed by atoms with E-state index >= 15 is 0 Å². The van der Waals surface area contributed by atoms with Gasteiger partial charge in [-0.15, -0.1) is 0 Å². The highest BCUT2D eigenvalue weighted by Crippen LogP contribution is 2.55. The second-order valence-corrected chi connectivity index (χ2v) is 10.3. The highest BCUT2D eigenvalue weighted by Gasteiger charge is 2.73. The molecule has 2 rings (SSSR count). The summed E-state index contributed by atoms with van der Waals surface area (Å²) in [5, 5.41) is 21.9. The number of carbonyl (C=O) groups is 1. The molecular formula is C26H25F12NO3. The number of anilines is 1. The van der Waals surface area contributed by atoms with Gasteiger partial charge < -0.3 is 15.5 Å². The number of hydrogen-bond donors (Lipinski definition) is 3. The SMILES string of the molecule is CCC(C)(C)c1cc(C)c(-c2cc(C(O)(C(F)(F)F)C(F)(F)F)c(NC=O)cc2C)cc1C(O)(C(F)(F)F)C(F)(F)F. The first-order valence-electron chi connectivity index (χ1n) is 11.9. The van der Waals surface area contributed by atoms with Gasteiger partial charge in [0.1, 0.15) is 0 Å². The smallest absolute Gasteiger partial charge is 0.369 e. The Labute approximate surface area is 231 Å². The van der Waals surface area contributed by atoms with Gasteiger partial charge in [0.05, 0.1) is 0 Å². The van der Waals surface area contributed by atoms with Crippen LogP contribution in [-0.4, -0.2) is 41.3 Å². The first kappa shape index (κ1) is 35.2. The molecule has 0 aromatic heterocycles. The monoisotopic (exact) mass is 627 g/mol. The summed E-state index contributed by atoms with van der Waals surface area (Å²) < 4.78 is 167. The number of aryl methyl sites for hydroxylation is 2. The highest BCUT2D eigenvalue weighted by molar-refractivity contribution is 5.81. The van der Waals surface area contributed by atoms with Gasteiger partial charge >= 0.3 is 24.7 Å². The number of aliphatic hydroxyl groups is 2. The number of benzene rings is 2. The molecule has 16 heteroatoms. The maximum Gasteiger partial charge on any atom is 0.430 e. The van der Waals surface area contributed by atoms with E-state index in [2.05, 4.69) is 0 Å². The normalized spacial score (nSPS) is 14.3. The third kappa shape index (κ3) is 5.54. The molecule has 0 aliphatic heterocycles. The van der Waals surface area contributed by atoms with Gasteiger partial charge in [0.25, 0.3) is 11.2 Å². The summed E-state index contributed by atoms with van der Waals surface area (Å²) in [6.07, 6.45) is -26.0. The van der Waals surface area contributed by atoms with Crippen molar-refractivity contribution in [3.63, 3.8) is 0 Å². The first-order chi connectivity index (χ1) is 18.6. The van der Waals surface area contributed by atoms with Crippen molar-refractivity contribution < 1.29 is 67.7 Å². The molecule has 0 unspecified atom stereocenters. The zero-order valence-electron chi connectivity index (χ0n) is 22.4. The predicted octanol–water partition coefficient (Wildman–Crippen LogP) is 7.85. The number of rotatable bonds is 7. The highest BCUT2D eigenvalue weighted by atomic mass is 19.4. The van der Waals surface area contributed by atoms with Gasteiger partial charge in [-0.3, -0.25) is 4.79 Å². The molecule has 0 atom stereocenters. The van der Waals surface area contributed by atoms with Gasteiger partial charge in [-0.05, 0) is 71.7 Å². The van der Waals surface area contributed by atoms with Crippen LogP contribution in [0.3, 0.4) is 0 Å². The first-order valence-corrected chi connectivity index (χ1v) is 11.9. The average molecular weight is 627 g/mol. The molecule has 0 bridgehead atoms. The third-order valence-corrected chi connectivity index (χ3v) is 7.27. The van der Waals surface area contributed by atoms with Crippen LogP contribution in [0.25, 0.3) is 11.1 Å². The minimum atomic E-state index is -6.46. The zero-order valence-corrected chi connectivity index (χ0v) is 22.4. The maximum absolute atomic E-state index is 14.0. The van der Waals surface area contributed by atoms with E-state index in [1.54, 1.807) is 5.32 Å². The number of hydrogen-bond acceptors (Lipinski definition) is 3. The van der Waals surface area contributed by atoms with E-state index in [0.29, 0.717) is 6.07 Å². The predicted molar refractivity (Wildman–Crippen MR) is 126 cm³/mol. The summed E-state index contributed by atoms with van der Waals surface area (Å²) in [5.41, 5.74) is -20.1. The van der Waals surface area contributed by atoms with Crippen LogP contribution in [0.4, 0.5) is 58.4 Å². The van der Waals surface area contributed by atoms with E-state index in [1.165, 1.54) is 20.8 Å². The minimum Gasteiger partial charge on any atom is -0.369 e. The van der Waals surface area contributed by atoms with E-state index in [0.717, 1.165) is 19.9 Å². The molecule has 0 aliphatic carbocycles. The molecule has 0 saturated heterocycles. The van der Waals surface area contributed by atoms with Crippen molar-refractivity contribution in [2.75, 3.05) is 5.32 Å². The molecule has 0 saturated carbocycles. The molecule has 2 aromatic carbocycles. The van der Waals surface area contributed by atoms with Crippen LogP contribution in [0, 0.1) is 13.8 Å². The Kier molecular flexibility index (Phi) is 8.89. The lowest BCUT2D eigenvalue weighted by atomic mass is 9.73. The molecule has 0 spiro atoms. The molecule has 0 fully saturated rings. The van der Waals surface area contributed by atoms with Crippen molar-refractivity contribution >= 4 is 12.1 Å². The maximum atomic E-state index is 14.0. The van der Waals surface area contributed by atoms with Gasteiger partial charge in [0.2, 0.25) is 6.41 Å². The molecular weight excluding hydrogens is 602 g/mol. The zero-order chi connectivity index (χ0) is 33.1. The molecule has 3 N–H and O–H groups in total.